The predicted octanol–water partition coefficient (Wildman–Crippen LogP) is 3.57. The Hall–Kier alpha value is -0.750. The van der Waals surface area contributed by atoms with Crippen molar-refractivity contribution < 1.29 is 0 Å². The highest BCUT2D eigenvalue weighted by Gasteiger charge is 2.22. The standard InChI is InChI=1S/C15H21N3S2/c1-18(14-4-2-12(16)3-5-14)8-13-10-20-15(17-13)11-6-7-19-9-11/h6-7,9-10,12,14H,2-5,8,16H2,1H3. The van der Waals surface area contributed by atoms with Crippen molar-refractivity contribution in [2.24, 2.45) is 5.73 Å². The van der Waals surface area contributed by atoms with Crippen molar-refractivity contribution in [3.05, 3.63) is 27.9 Å². The van der Waals surface area contributed by atoms with E-state index < -0.39 is 0 Å². The molecular weight excluding hydrogens is 286 g/mol. The average molecular weight is 307 g/mol. The summed E-state index contributed by atoms with van der Waals surface area (Å²) >= 11 is 3.47. The van der Waals surface area contributed by atoms with Crippen LogP contribution in [0.4, 0.5) is 0 Å². The van der Waals surface area contributed by atoms with Crippen LogP contribution in [0.5, 0.6) is 0 Å². The summed E-state index contributed by atoms with van der Waals surface area (Å²) < 4.78 is 0. The summed E-state index contributed by atoms with van der Waals surface area (Å²) in [6.45, 7) is 0.945. The molecule has 0 aliphatic heterocycles. The summed E-state index contributed by atoms with van der Waals surface area (Å²) in [6, 6.07) is 3.23. The Labute approximate surface area is 128 Å². The molecule has 1 aliphatic carbocycles. The predicted molar refractivity (Wildman–Crippen MR) is 87.1 cm³/mol. The van der Waals surface area contributed by atoms with E-state index in [0.29, 0.717) is 12.1 Å². The minimum absolute atomic E-state index is 0.420. The molecule has 0 saturated heterocycles. The van der Waals surface area contributed by atoms with Crippen molar-refractivity contribution in [1.82, 2.24) is 9.88 Å². The molecule has 20 heavy (non-hydrogen) atoms. The lowest BCUT2D eigenvalue weighted by Crippen LogP contribution is -2.38. The fraction of sp³-hybridized carbons (Fsp3) is 0.533. The Kier molecular flexibility index (Phi) is 4.51. The van der Waals surface area contributed by atoms with Crippen LogP contribution in [0.1, 0.15) is 31.4 Å². The molecule has 3 nitrogen and oxygen atoms in total. The molecule has 0 atom stereocenters. The van der Waals surface area contributed by atoms with Crippen LogP contribution in [0.2, 0.25) is 0 Å². The quantitative estimate of drug-likeness (QED) is 0.939. The second-order valence-corrected chi connectivity index (χ2v) is 7.28. The maximum absolute atomic E-state index is 5.98. The average Bonchev–Trinajstić information content (AvgIpc) is 3.09. The fourth-order valence-electron chi connectivity index (χ4n) is 2.83. The van der Waals surface area contributed by atoms with Gasteiger partial charge in [0.15, 0.2) is 0 Å². The fourth-order valence-corrected chi connectivity index (χ4v) is 4.35. The number of thiophene rings is 1. The molecule has 1 saturated carbocycles. The third-order valence-electron chi connectivity index (χ3n) is 4.10. The summed E-state index contributed by atoms with van der Waals surface area (Å²) in [7, 11) is 2.21. The highest BCUT2D eigenvalue weighted by atomic mass is 32.1. The zero-order valence-corrected chi connectivity index (χ0v) is 13.4. The van der Waals surface area contributed by atoms with E-state index >= 15 is 0 Å². The maximum Gasteiger partial charge on any atom is 0.124 e. The minimum Gasteiger partial charge on any atom is -0.328 e. The van der Waals surface area contributed by atoms with Crippen LogP contribution in [0.25, 0.3) is 10.6 Å². The number of rotatable bonds is 4. The van der Waals surface area contributed by atoms with Gasteiger partial charge in [0.05, 0.1) is 5.69 Å². The van der Waals surface area contributed by atoms with Gasteiger partial charge in [-0.2, -0.15) is 11.3 Å². The van der Waals surface area contributed by atoms with E-state index in [1.165, 1.54) is 24.1 Å². The monoisotopic (exact) mass is 307 g/mol. The Balaban J connectivity index is 1.60. The van der Waals surface area contributed by atoms with E-state index in [0.717, 1.165) is 24.4 Å². The second kappa shape index (κ2) is 6.35. The van der Waals surface area contributed by atoms with Gasteiger partial charge in [-0.15, -0.1) is 11.3 Å². The largest absolute Gasteiger partial charge is 0.328 e. The van der Waals surface area contributed by atoms with Crippen LogP contribution >= 0.6 is 22.7 Å². The van der Waals surface area contributed by atoms with Crippen molar-refractivity contribution in [2.45, 2.75) is 44.3 Å². The first-order chi connectivity index (χ1) is 9.72. The molecule has 0 unspecified atom stereocenters. The normalized spacial score (nSPS) is 23.4. The zero-order valence-electron chi connectivity index (χ0n) is 11.8. The lowest BCUT2D eigenvalue weighted by atomic mass is 9.91. The van der Waals surface area contributed by atoms with E-state index in [4.69, 9.17) is 10.7 Å². The van der Waals surface area contributed by atoms with E-state index in [9.17, 15) is 0 Å². The van der Waals surface area contributed by atoms with Gasteiger partial charge in [-0.1, -0.05) is 0 Å². The molecule has 0 bridgehead atoms. The first-order valence-electron chi connectivity index (χ1n) is 7.15. The van der Waals surface area contributed by atoms with Crippen molar-refractivity contribution in [2.75, 3.05) is 7.05 Å². The summed E-state index contributed by atoms with van der Waals surface area (Å²) in [5, 5.41) is 7.60. The Morgan fingerprint density at radius 3 is 2.80 bits per heavy atom. The maximum atomic E-state index is 5.98. The number of hydrogen-bond donors (Lipinski definition) is 1. The minimum atomic E-state index is 0.420. The van der Waals surface area contributed by atoms with Crippen molar-refractivity contribution in [1.29, 1.82) is 0 Å². The van der Waals surface area contributed by atoms with Gasteiger partial charge in [0.1, 0.15) is 5.01 Å². The zero-order chi connectivity index (χ0) is 13.9. The lowest BCUT2D eigenvalue weighted by molar-refractivity contribution is 0.175. The van der Waals surface area contributed by atoms with E-state index in [1.54, 1.807) is 22.7 Å². The molecule has 2 heterocycles. The number of hydrogen-bond acceptors (Lipinski definition) is 5. The summed E-state index contributed by atoms with van der Waals surface area (Å²) in [6.07, 6.45) is 4.76. The van der Waals surface area contributed by atoms with E-state index in [-0.39, 0.29) is 0 Å². The van der Waals surface area contributed by atoms with Gasteiger partial charge in [0.2, 0.25) is 0 Å². The van der Waals surface area contributed by atoms with Crippen LogP contribution in [0.3, 0.4) is 0 Å². The summed E-state index contributed by atoms with van der Waals surface area (Å²) in [4.78, 5) is 7.20. The van der Waals surface area contributed by atoms with E-state index in [1.807, 2.05) is 0 Å². The molecule has 0 spiro atoms. The van der Waals surface area contributed by atoms with Gasteiger partial charge in [-0.05, 0) is 44.2 Å². The SMILES string of the molecule is CN(Cc1csc(-c2ccsc2)n1)C1CCC(N)CC1. The number of nitrogens with two attached hydrogens (primary N) is 1. The molecule has 0 amide bonds. The summed E-state index contributed by atoms with van der Waals surface area (Å²) in [5.41, 5.74) is 8.42. The highest BCUT2D eigenvalue weighted by Crippen LogP contribution is 2.27. The smallest absolute Gasteiger partial charge is 0.124 e. The van der Waals surface area contributed by atoms with Gasteiger partial charge in [0, 0.05) is 35.0 Å². The molecule has 2 N–H and O–H groups in total. The molecule has 1 fully saturated rings. The molecule has 0 radical (unpaired) electrons. The molecular formula is C15H21N3S2. The van der Waals surface area contributed by atoms with Crippen LogP contribution < -0.4 is 5.73 Å². The van der Waals surface area contributed by atoms with Crippen molar-refractivity contribution in [3.8, 4) is 10.6 Å². The highest BCUT2D eigenvalue weighted by molar-refractivity contribution is 7.14. The Bertz CT molecular complexity index is 527. The molecule has 3 rings (SSSR count). The second-order valence-electron chi connectivity index (χ2n) is 5.64. The van der Waals surface area contributed by atoms with Crippen LogP contribution in [-0.2, 0) is 6.54 Å². The molecule has 5 heteroatoms. The number of aromatic nitrogens is 1. The first kappa shape index (κ1) is 14.2. The third kappa shape index (κ3) is 3.28. The van der Waals surface area contributed by atoms with Gasteiger partial charge in [0.25, 0.3) is 0 Å². The van der Waals surface area contributed by atoms with Crippen molar-refractivity contribution in [3.63, 3.8) is 0 Å². The summed E-state index contributed by atoms with van der Waals surface area (Å²) in [5.74, 6) is 0. The number of nitrogens with zero attached hydrogens (tertiary/aromatic N) is 2. The first-order valence-corrected chi connectivity index (χ1v) is 8.97. The lowest BCUT2D eigenvalue weighted by Gasteiger charge is -2.33. The van der Waals surface area contributed by atoms with Crippen LogP contribution in [0.15, 0.2) is 22.2 Å². The van der Waals surface area contributed by atoms with Gasteiger partial charge >= 0.3 is 0 Å². The van der Waals surface area contributed by atoms with Gasteiger partial charge in [-0.25, -0.2) is 4.98 Å². The molecule has 0 aromatic carbocycles. The van der Waals surface area contributed by atoms with E-state index in [2.05, 4.69) is 34.2 Å². The molecule has 1 aliphatic rings. The van der Waals surface area contributed by atoms with Crippen LogP contribution in [-0.4, -0.2) is 29.0 Å². The Morgan fingerprint density at radius 2 is 2.10 bits per heavy atom. The third-order valence-corrected chi connectivity index (χ3v) is 5.72. The molecule has 108 valence electrons. The van der Waals surface area contributed by atoms with Crippen LogP contribution in [0, 0.1) is 0 Å². The van der Waals surface area contributed by atoms with Crippen molar-refractivity contribution >= 4 is 22.7 Å². The van der Waals surface area contributed by atoms with Gasteiger partial charge in [-0.3, -0.25) is 4.90 Å². The topological polar surface area (TPSA) is 42.2 Å². The molecule has 2 aromatic rings. The number of thiazole rings is 1. The van der Waals surface area contributed by atoms with Gasteiger partial charge < -0.3 is 5.73 Å². The molecule has 2 aromatic heterocycles. The Morgan fingerprint density at radius 1 is 1.30 bits per heavy atom.